The molecule has 0 heterocycles. The molecule has 1 heteroatoms. The predicted molar refractivity (Wildman–Crippen MR) is 146 cm³/mol. The van der Waals surface area contributed by atoms with Crippen molar-refractivity contribution < 1.29 is 4.79 Å². The first kappa shape index (κ1) is 25.0. The van der Waals surface area contributed by atoms with Gasteiger partial charge in [0.1, 0.15) is 0 Å². The molecule has 34 heavy (non-hydrogen) atoms. The first-order valence-electron chi connectivity index (χ1n) is 13.7. The van der Waals surface area contributed by atoms with E-state index in [-0.39, 0.29) is 5.78 Å². The van der Waals surface area contributed by atoms with Crippen molar-refractivity contribution in [2.24, 2.45) is 17.3 Å². The molecule has 2 aliphatic carbocycles. The molecule has 2 aromatic rings. The third kappa shape index (κ3) is 5.24. The number of hydrogen-bond donors (Lipinski definition) is 0. The summed E-state index contributed by atoms with van der Waals surface area (Å²) in [5, 5.41) is 0. The summed E-state index contributed by atoms with van der Waals surface area (Å²) in [4.78, 5) is 12.0. The van der Waals surface area contributed by atoms with Gasteiger partial charge in [0.15, 0.2) is 5.78 Å². The van der Waals surface area contributed by atoms with Crippen molar-refractivity contribution in [3.63, 3.8) is 0 Å². The van der Waals surface area contributed by atoms with Crippen molar-refractivity contribution >= 4 is 16.9 Å². The molecule has 2 saturated carbocycles. The fraction of sp³-hybridized carbons (Fsp3) is 0.545. The maximum Gasteiger partial charge on any atom is 0.159 e. The summed E-state index contributed by atoms with van der Waals surface area (Å²) in [6, 6.07) is 15.5. The van der Waals surface area contributed by atoms with Gasteiger partial charge in [-0.05, 0) is 116 Å². The number of aryl methyl sites for hydroxylation is 2. The van der Waals surface area contributed by atoms with Crippen LogP contribution < -0.4 is 0 Å². The Morgan fingerprint density at radius 3 is 2.29 bits per heavy atom. The standard InChI is InChI=1S/C33H44O/c1-6-33(21-23(2)22-33)19-18-27-12-10-11-15-31(27)25(4)32(28-13-8-7-9-14-28)30-17-16-29(26(5)34)20-24(30)3/h10-12,15-17,20,23,28H,6-9,13-14,18-19,21-22H2,1-5H3/b32-25+. The fourth-order valence-electron chi connectivity index (χ4n) is 7.04. The second-order valence-electron chi connectivity index (χ2n) is 11.5. The van der Waals surface area contributed by atoms with Crippen molar-refractivity contribution in [2.45, 2.75) is 98.8 Å². The van der Waals surface area contributed by atoms with E-state index in [0.29, 0.717) is 11.3 Å². The molecule has 0 aliphatic heterocycles. The maximum atomic E-state index is 12.0. The zero-order valence-corrected chi connectivity index (χ0v) is 22.2. The van der Waals surface area contributed by atoms with Crippen LogP contribution >= 0.6 is 0 Å². The Labute approximate surface area is 208 Å². The van der Waals surface area contributed by atoms with Gasteiger partial charge >= 0.3 is 0 Å². The molecule has 0 atom stereocenters. The van der Waals surface area contributed by atoms with Crippen LogP contribution in [0.5, 0.6) is 0 Å². The van der Waals surface area contributed by atoms with Crippen LogP contribution in [0.1, 0.15) is 118 Å². The molecule has 0 saturated heterocycles. The smallest absolute Gasteiger partial charge is 0.159 e. The number of ketones is 1. The average Bonchev–Trinajstić information content (AvgIpc) is 2.83. The van der Waals surface area contributed by atoms with Crippen LogP contribution in [-0.2, 0) is 6.42 Å². The van der Waals surface area contributed by atoms with Crippen LogP contribution in [0.2, 0.25) is 0 Å². The highest BCUT2D eigenvalue weighted by atomic mass is 16.1. The number of Topliss-reactive ketones (excluding diaryl/α,β-unsaturated/α-hetero) is 1. The zero-order chi connectivity index (χ0) is 24.3. The number of hydrogen-bond acceptors (Lipinski definition) is 1. The third-order valence-corrected chi connectivity index (χ3v) is 9.00. The number of rotatable bonds is 8. The zero-order valence-electron chi connectivity index (χ0n) is 22.2. The highest BCUT2D eigenvalue weighted by molar-refractivity contribution is 5.96. The Morgan fingerprint density at radius 1 is 0.971 bits per heavy atom. The molecule has 0 N–H and O–H groups in total. The minimum Gasteiger partial charge on any atom is -0.295 e. The van der Waals surface area contributed by atoms with E-state index in [1.165, 1.54) is 97.6 Å². The summed E-state index contributed by atoms with van der Waals surface area (Å²) in [7, 11) is 0. The Hall–Kier alpha value is -2.15. The van der Waals surface area contributed by atoms with Gasteiger partial charge in [-0.2, -0.15) is 0 Å². The molecule has 2 fully saturated rings. The van der Waals surface area contributed by atoms with E-state index >= 15 is 0 Å². The lowest BCUT2D eigenvalue weighted by Gasteiger charge is -2.46. The van der Waals surface area contributed by atoms with E-state index in [0.717, 1.165) is 11.5 Å². The quantitative estimate of drug-likeness (QED) is 0.285. The Kier molecular flexibility index (Phi) is 7.80. The molecule has 0 aromatic heterocycles. The molecule has 4 rings (SSSR count). The number of carbonyl (C=O) groups excluding carboxylic acids is 1. The van der Waals surface area contributed by atoms with E-state index in [2.05, 4.69) is 64.1 Å². The first-order valence-corrected chi connectivity index (χ1v) is 13.7. The van der Waals surface area contributed by atoms with Crippen molar-refractivity contribution in [1.82, 2.24) is 0 Å². The Morgan fingerprint density at radius 2 is 1.68 bits per heavy atom. The van der Waals surface area contributed by atoms with Gasteiger partial charge in [0.2, 0.25) is 0 Å². The Bertz CT molecular complexity index is 1040. The largest absolute Gasteiger partial charge is 0.295 e. The highest BCUT2D eigenvalue weighted by Crippen LogP contribution is 2.51. The van der Waals surface area contributed by atoms with Crippen LogP contribution in [0.15, 0.2) is 42.5 Å². The average molecular weight is 457 g/mol. The molecular formula is C33H44O. The maximum absolute atomic E-state index is 12.0. The molecule has 0 radical (unpaired) electrons. The molecule has 0 spiro atoms. The summed E-state index contributed by atoms with van der Waals surface area (Å²) < 4.78 is 0. The van der Waals surface area contributed by atoms with Crippen LogP contribution in [0.25, 0.3) is 11.1 Å². The van der Waals surface area contributed by atoms with E-state index in [1.807, 2.05) is 6.07 Å². The first-order chi connectivity index (χ1) is 16.3. The predicted octanol–water partition coefficient (Wildman–Crippen LogP) is 9.47. The van der Waals surface area contributed by atoms with Gasteiger partial charge in [-0.15, -0.1) is 0 Å². The SMILES string of the molecule is CCC1(CCc2ccccc2/C(C)=C(/c2ccc(C(C)=O)cc2C)C2CCCCC2)CC(C)C1. The van der Waals surface area contributed by atoms with Gasteiger partial charge in [-0.3, -0.25) is 4.79 Å². The summed E-state index contributed by atoms with van der Waals surface area (Å²) in [5.41, 5.74) is 9.91. The fourth-order valence-corrected chi connectivity index (χ4v) is 7.04. The lowest BCUT2D eigenvalue weighted by Crippen LogP contribution is -2.35. The van der Waals surface area contributed by atoms with Gasteiger partial charge in [-0.1, -0.05) is 75.9 Å². The van der Waals surface area contributed by atoms with Crippen molar-refractivity contribution in [1.29, 1.82) is 0 Å². The van der Waals surface area contributed by atoms with Crippen LogP contribution in [0.4, 0.5) is 0 Å². The van der Waals surface area contributed by atoms with Crippen molar-refractivity contribution in [3.05, 3.63) is 70.3 Å². The molecule has 0 amide bonds. The second-order valence-corrected chi connectivity index (χ2v) is 11.5. The molecule has 2 aromatic carbocycles. The van der Waals surface area contributed by atoms with E-state index < -0.39 is 0 Å². The van der Waals surface area contributed by atoms with Crippen molar-refractivity contribution in [2.75, 3.05) is 0 Å². The van der Waals surface area contributed by atoms with Crippen molar-refractivity contribution in [3.8, 4) is 0 Å². The molecule has 1 nitrogen and oxygen atoms in total. The summed E-state index contributed by atoms with van der Waals surface area (Å²) >= 11 is 0. The lowest BCUT2D eigenvalue weighted by molar-refractivity contribution is 0.0516. The monoisotopic (exact) mass is 456 g/mol. The minimum atomic E-state index is 0.148. The number of carbonyl (C=O) groups is 1. The van der Waals surface area contributed by atoms with E-state index in [9.17, 15) is 4.79 Å². The van der Waals surface area contributed by atoms with Crippen LogP contribution in [0.3, 0.4) is 0 Å². The van der Waals surface area contributed by atoms with Crippen LogP contribution in [-0.4, -0.2) is 5.78 Å². The summed E-state index contributed by atoms with van der Waals surface area (Å²) in [6.07, 6.45) is 13.2. The second kappa shape index (κ2) is 10.6. The van der Waals surface area contributed by atoms with Gasteiger partial charge < -0.3 is 0 Å². The normalized spacial score (nSPS) is 23.9. The highest BCUT2D eigenvalue weighted by Gasteiger charge is 2.39. The number of benzene rings is 2. The molecule has 182 valence electrons. The third-order valence-electron chi connectivity index (χ3n) is 9.00. The van der Waals surface area contributed by atoms with Crippen LogP contribution in [0, 0.1) is 24.2 Å². The van der Waals surface area contributed by atoms with Gasteiger partial charge in [-0.25, -0.2) is 0 Å². The summed E-state index contributed by atoms with van der Waals surface area (Å²) in [5.74, 6) is 1.66. The minimum absolute atomic E-state index is 0.148. The number of allylic oxidation sites excluding steroid dienone is 2. The lowest BCUT2D eigenvalue weighted by atomic mass is 9.59. The summed E-state index contributed by atoms with van der Waals surface area (Å²) in [6.45, 7) is 11.0. The van der Waals surface area contributed by atoms with E-state index in [4.69, 9.17) is 0 Å². The van der Waals surface area contributed by atoms with Gasteiger partial charge in [0.25, 0.3) is 0 Å². The Balaban J connectivity index is 1.74. The molecule has 0 bridgehead atoms. The van der Waals surface area contributed by atoms with Gasteiger partial charge in [0.05, 0.1) is 0 Å². The molecule has 0 unspecified atom stereocenters. The van der Waals surface area contributed by atoms with Gasteiger partial charge in [0, 0.05) is 5.56 Å². The molecular weight excluding hydrogens is 412 g/mol. The topological polar surface area (TPSA) is 17.1 Å². The van der Waals surface area contributed by atoms with E-state index in [1.54, 1.807) is 6.92 Å². The molecule has 2 aliphatic rings.